The fraction of sp³-hybridized carbons (Fsp3) is 0.0189. The molecule has 0 radical (unpaired) electrons. The molecule has 0 aliphatic carbocycles. The smallest absolute Gasteiger partial charge is 0.161 e. The second-order valence-corrected chi connectivity index (χ2v) is 16.9. The number of aromatic nitrogens is 3. The van der Waals surface area contributed by atoms with Gasteiger partial charge in [-0.3, -0.25) is 0 Å². The average molecular weight is 776 g/mol. The number of hydrogen-bond acceptors (Lipinski definition) is 4. The predicted octanol–water partition coefficient (Wildman–Crippen LogP) is 14.9. The molecule has 0 unspecified atom stereocenters. The van der Waals surface area contributed by atoms with Crippen LogP contribution in [0.2, 0.25) is 0 Å². The maximum absolute atomic E-state index is 5.38. The van der Waals surface area contributed by atoms with Crippen molar-refractivity contribution in [2.45, 2.75) is 10.6 Å². The normalized spacial score (nSPS) is 12.3. The Morgan fingerprint density at radius 2 is 1.12 bits per heavy atom. The predicted molar refractivity (Wildman–Crippen MR) is 246 cm³/mol. The van der Waals surface area contributed by atoms with E-state index in [-0.39, 0.29) is 0 Å². The third-order valence-electron chi connectivity index (χ3n) is 11.5. The van der Waals surface area contributed by atoms with Crippen molar-refractivity contribution in [1.82, 2.24) is 14.5 Å². The highest BCUT2D eigenvalue weighted by atomic mass is 32.2. The number of benzene rings is 8. The minimum atomic E-state index is 0.717. The van der Waals surface area contributed by atoms with Crippen LogP contribution in [0, 0.1) is 0 Å². The van der Waals surface area contributed by atoms with Gasteiger partial charge in [0, 0.05) is 64.0 Å². The van der Waals surface area contributed by atoms with Gasteiger partial charge in [-0.2, -0.15) is 0 Å². The van der Waals surface area contributed by atoms with Gasteiger partial charge in [0.1, 0.15) is 0 Å². The van der Waals surface area contributed by atoms with Gasteiger partial charge in [-0.25, -0.2) is 9.97 Å². The number of fused-ring (bicyclic) bond motifs is 10. The first-order valence-corrected chi connectivity index (χ1v) is 21.4. The third kappa shape index (κ3) is 5.35. The van der Waals surface area contributed by atoms with E-state index < -0.39 is 0 Å². The van der Waals surface area contributed by atoms with Gasteiger partial charge < -0.3 is 4.57 Å². The molecule has 4 heterocycles. The molecule has 0 saturated heterocycles. The molecule has 1 aliphatic heterocycles. The van der Waals surface area contributed by atoms with E-state index in [1.807, 2.05) is 23.1 Å². The molecule has 0 N–H and O–H groups in total. The Morgan fingerprint density at radius 1 is 0.448 bits per heavy atom. The summed E-state index contributed by atoms with van der Waals surface area (Å²) in [5.74, 6) is 1.67. The summed E-state index contributed by atoms with van der Waals surface area (Å²) in [6.45, 7) is 0. The molecular formula is C53H33N3S2. The van der Waals surface area contributed by atoms with Crippen LogP contribution in [0.3, 0.4) is 0 Å². The molecule has 1 aliphatic rings. The van der Waals surface area contributed by atoms with Gasteiger partial charge in [0.05, 0.1) is 22.4 Å². The van der Waals surface area contributed by atoms with Crippen LogP contribution in [0.25, 0.3) is 104 Å². The van der Waals surface area contributed by atoms with Crippen molar-refractivity contribution in [3.63, 3.8) is 0 Å². The van der Waals surface area contributed by atoms with Gasteiger partial charge in [-0.1, -0.05) is 152 Å². The molecule has 0 spiro atoms. The first-order chi connectivity index (χ1) is 28.7. The zero-order valence-corrected chi connectivity index (χ0v) is 32.9. The molecule has 12 rings (SSSR count). The lowest BCUT2D eigenvalue weighted by atomic mass is 9.97. The minimum absolute atomic E-state index is 0.717. The molecule has 5 heteroatoms. The summed E-state index contributed by atoms with van der Waals surface area (Å²) < 4.78 is 4.92. The van der Waals surface area contributed by atoms with Crippen LogP contribution in [0.4, 0.5) is 0 Å². The fourth-order valence-electron chi connectivity index (χ4n) is 8.77. The van der Waals surface area contributed by atoms with Crippen molar-refractivity contribution in [3.8, 4) is 61.8 Å². The molecule has 0 bridgehead atoms. The van der Waals surface area contributed by atoms with E-state index in [1.54, 1.807) is 0 Å². The van der Waals surface area contributed by atoms with E-state index in [2.05, 4.69) is 193 Å². The van der Waals surface area contributed by atoms with Crippen LogP contribution in [0.5, 0.6) is 0 Å². The topological polar surface area (TPSA) is 30.7 Å². The van der Waals surface area contributed by atoms with Crippen LogP contribution in [0.15, 0.2) is 193 Å². The Balaban J connectivity index is 1.19. The lowest BCUT2D eigenvalue weighted by Gasteiger charge is -2.20. The maximum Gasteiger partial charge on any atom is 0.161 e. The van der Waals surface area contributed by atoms with Gasteiger partial charge in [0.15, 0.2) is 5.82 Å². The lowest BCUT2D eigenvalue weighted by molar-refractivity contribution is 1.16. The first kappa shape index (κ1) is 33.4. The number of hydrogen-bond donors (Lipinski definition) is 0. The Hall–Kier alpha value is -6.79. The van der Waals surface area contributed by atoms with Gasteiger partial charge in [0.2, 0.25) is 0 Å². The first-order valence-electron chi connectivity index (χ1n) is 19.6. The number of thioether (sulfide) groups is 1. The molecule has 0 saturated carbocycles. The van der Waals surface area contributed by atoms with E-state index in [1.165, 1.54) is 74.7 Å². The van der Waals surface area contributed by atoms with E-state index in [0.29, 0.717) is 5.82 Å². The summed E-state index contributed by atoms with van der Waals surface area (Å²) in [4.78, 5) is 12.1. The summed E-state index contributed by atoms with van der Waals surface area (Å²) in [5.41, 5.74) is 14.8. The molecule has 0 fully saturated rings. The standard InChI is InChI=1S/C53H33N3S2/c1-4-14-33(15-5-1)36-24-25-42-48(28-36)56(47-27-26-41-39-21-11-10-20-37(39)32-57-52(41)50(42)47)38-29-43-40-22-12-13-23-49(40)58-51(43)44(30-38)53-54-45(34-16-6-2-7-17-34)31-46(55-53)35-18-8-3-9-19-35/h1-31H,32H2. The summed E-state index contributed by atoms with van der Waals surface area (Å²) in [5, 5.41) is 5.00. The van der Waals surface area contributed by atoms with E-state index >= 15 is 0 Å². The Labute approximate surface area is 343 Å². The van der Waals surface area contributed by atoms with Crippen molar-refractivity contribution in [2.75, 3.05) is 0 Å². The highest BCUT2D eigenvalue weighted by Gasteiger charge is 2.25. The minimum Gasteiger partial charge on any atom is -0.309 e. The summed E-state index contributed by atoms with van der Waals surface area (Å²) >= 11 is 3.78. The number of rotatable bonds is 5. The monoisotopic (exact) mass is 775 g/mol. The van der Waals surface area contributed by atoms with Gasteiger partial charge >= 0.3 is 0 Å². The Morgan fingerprint density at radius 3 is 1.88 bits per heavy atom. The van der Waals surface area contributed by atoms with Crippen LogP contribution >= 0.6 is 23.1 Å². The lowest BCUT2D eigenvalue weighted by Crippen LogP contribution is -1.99. The van der Waals surface area contributed by atoms with E-state index in [4.69, 9.17) is 9.97 Å². The summed E-state index contributed by atoms with van der Waals surface area (Å²) in [7, 11) is 0. The van der Waals surface area contributed by atoms with Crippen LogP contribution < -0.4 is 0 Å². The van der Waals surface area contributed by atoms with Gasteiger partial charge in [-0.15, -0.1) is 23.1 Å². The molecule has 3 nitrogen and oxygen atoms in total. The van der Waals surface area contributed by atoms with Crippen molar-refractivity contribution < 1.29 is 0 Å². The summed E-state index contributed by atoms with van der Waals surface area (Å²) in [6, 6.07) is 67.8. The highest BCUT2D eigenvalue weighted by Crippen LogP contribution is 2.50. The zero-order chi connectivity index (χ0) is 38.2. The van der Waals surface area contributed by atoms with E-state index in [0.717, 1.165) is 39.5 Å². The number of thiophene rings is 1. The zero-order valence-electron chi connectivity index (χ0n) is 31.3. The van der Waals surface area contributed by atoms with Crippen molar-refractivity contribution in [1.29, 1.82) is 0 Å². The van der Waals surface area contributed by atoms with Crippen LogP contribution in [-0.2, 0) is 5.75 Å². The average Bonchev–Trinajstić information content (AvgIpc) is 3.85. The van der Waals surface area contributed by atoms with Crippen LogP contribution in [-0.4, -0.2) is 14.5 Å². The molecule has 3 aromatic heterocycles. The Bertz CT molecular complexity index is 3330. The largest absolute Gasteiger partial charge is 0.309 e. The van der Waals surface area contributed by atoms with Crippen LogP contribution in [0.1, 0.15) is 5.56 Å². The maximum atomic E-state index is 5.38. The molecular weight excluding hydrogens is 743 g/mol. The van der Waals surface area contributed by atoms with Crippen molar-refractivity contribution in [2.24, 2.45) is 0 Å². The number of nitrogens with zero attached hydrogens (tertiary/aromatic N) is 3. The molecule has 0 atom stereocenters. The Kier molecular flexibility index (Phi) is 7.71. The van der Waals surface area contributed by atoms with Gasteiger partial charge in [-0.05, 0) is 64.2 Å². The highest BCUT2D eigenvalue weighted by molar-refractivity contribution is 7.99. The second-order valence-electron chi connectivity index (χ2n) is 14.9. The molecule has 8 aromatic carbocycles. The SMILES string of the molecule is c1ccc(-c2ccc3c4c5c(ccc4n(-c4cc(-c6nc(-c7ccccc7)cc(-c7ccccc7)n6)c6sc7ccccc7c6c4)c3c2)-c2ccccc2CS5)cc1. The van der Waals surface area contributed by atoms with Crippen molar-refractivity contribution in [3.05, 3.63) is 194 Å². The third-order valence-corrected chi connectivity index (χ3v) is 13.9. The summed E-state index contributed by atoms with van der Waals surface area (Å²) in [6.07, 6.45) is 0. The van der Waals surface area contributed by atoms with Gasteiger partial charge in [0.25, 0.3) is 0 Å². The van der Waals surface area contributed by atoms with E-state index in [9.17, 15) is 0 Å². The second kappa shape index (κ2) is 13.4. The molecule has 11 aromatic rings. The fourth-order valence-corrected chi connectivity index (χ4v) is 11.2. The molecule has 272 valence electrons. The molecule has 0 amide bonds. The van der Waals surface area contributed by atoms with Crippen molar-refractivity contribution >= 4 is 65.1 Å². The molecule has 58 heavy (non-hydrogen) atoms. The quantitative estimate of drug-likeness (QED) is 0.174.